The molecule has 1 rings (SSSR count). The maximum absolute atomic E-state index is 11.7. The number of benzene rings is 1. The molecule has 0 fully saturated rings. The van der Waals surface area contributed by atoms with Gasteiger partial charge in [0.05, 0.1) is 10.6 Å². The number of hydrogen-bond acceptors (Lipinski definition) is 3. The van der Waals surface area contributed by atoms with Crippen molar-refractivity contribution in [1.29, 1.82) is 0 Å². The molecule has 0 aliphatic heterocycles. The van der Waals surface area contributed by atoms with E-state index in [0.717, 1.165) is 10.4 Å². The molecular weight excluding hydrogens is 254 g/mol. The zero-order chi connectivity index (χ0) is 12.5. The third-order valence-corrected chi connectivity index (χ3v) is 4.24. The fourth-order valence-electron chi connectivity index (χ4n) is 1.04. The molecule has 0 amide bonds. The van der Waals surface area contributed by atoms with E-state index in [-0.39, 0.29) is 15.5 Å². The second kappa shape index (κ2) is 4.40. The van der Waals surface area contributed by atoms with Gasteiger partial charge < -0.3 is 5.11 Å². The lowest BCUT2D eigenvalue weighted by molar-refractivity contribution is 0.0696. The van der Waals surface area contributed by atoms with Crippen LogP contribution in [0.3, 0.4) is 0 Å². The predicted molar refractivity (Wildman–Crippen MR) is 59.3 cm³/mol. The highest BCUT2D eigenvalue weighted by Gasteiger charge is 2.21. The SMILES string of the molecule is CN(C)S(=O)(=O)c1ccc(C(=O)O)cc1Cl. The van der Waals surface area contributed by atoms with Crippen molar-refractivity contribution in [1.82, 2.24) is 4.31 Å². The van der Waals surface area contributed by atoms with E-state index in [1.54, 1.807) is 0 Å². The van der Waals surface area contributed by atoms with Crippen LogP contribution in [0, 0.1) is 0 Å². The fourth-order valence-corrected chi connectivity index (χ4v) is 2.45. The lowest BCUT2D eigenvalue weighted by atomic mass is 10.2. The minimum atomic E-state index is -3.64. The monoisotopic (exact) mass is 263 g/mol. The molecule has 0 saturated carbocycles. The van der Waals surface area contributed by atoms with Gasteiger partial charge in [-0.25, -0.2) is 17.5 Å². The van der Waals surface area contributed by atoms with Crippen LogP contribution in [0.5, 0.6) is 0 Å². The van der Waals surface area contributed by atoms with Gasteiger partial charge in [-0.15, -0.1) is 0 Å². The number of aromatic carboxylic acids is 1. The Labute approximate surface area is 98.3 Å². The van der Waals surface area contributed by atoms with Gasteiger partial charge in [-0.2, -0.15) is 0 Å². The molecular formula is C9H10ClNO4S. The van der Waals surface area contributed by atoms with E-state index >= 15 is 0 Å². The van der Waals surface area contributed by atoms with Crippen molar-refractivity contribution in [2.45, 2.75) is 4.90 Å². The molecule has 0 aliphatic carbocycles. The topological polar surface area (TPSA) is 74.7 Å². The highest BCUT2D eigenvalue weighted by Crippen LogP contribution is 2.24. The molecule has 16 heavy (non-hydrogen) atoms. The number of hydrogen-bond donors (Lipinski definition) is 1. The molecule has 0 aromatic heterocycles. The van der Waals surface area contributed by atoms with Crippen molar-refractivity contribution < 1.29 is 18.3 Å². The Bertz CT molecular complexity index is 524. The minimum Gasteiger partial charge on any atom is -0.478 e. The third kappa shape index (κ3) is 2.34. The molecule has 5 nitrogen and oxygen atoms in total. The zero-order valence-corrected chi connectivity index (χ0v) is 10.2. The summed E-state index contributed by atoms with van der Waals surface area (Å²) in [6, 6.07) is 3.49. The van der Waals surface area contributed by atoms with Crippen LogP contribution < -0.4 is 0 Å². The van der Waals surface area contributed by atoms with Gasteiger partial charge >= 0.3 is 5.97 Å². The van der Waals surface area contributed by atoms with Crippen LogP contribution in [-0.4, -0.2) is 37.9 Å². The molecule has 0 spiro atoms. The summed E-state index contributed by atoms with van der Waals surface area (Å²) in [5, 5.41) is 8.59. The summed E-state index contributed by atoms with van der Waals surface area (Å²) < 4.78 is 24.5. The van der Waals surface area contributed by atoms with Crippen LogP contribution in [0.2, 0.25) is 5.02 Å². The number of carbonyl (C=O) groups is 1. The van der Waals surface area contributed by atoms with Gasteiger partial charge in [-0.1, -0.05) is 11.6 Å². The average Bonchev–Trinajstić information content (AvgIpc) is 2.16. The van der Waals surface area contributed by atoms with E-state index in [9.17, 15) is 13.2 Å². The van der Waals surface area contributed by atoms with Crippen LogP contribution in [0.4, 0.5) is 0 Å². The Morgan fingerprint density at radius 3 is 2.31 bits per heavy atom. The molecule has 7 heteroatoms. The largest absolute Gasteiger partial charge is 0.478 e. The van der Waals surface area contributed by atoms with Crippen LogP contribution >= 0.6 is 11.6 Å². The van der Waals surface area contributed by atoms with Gasteiger partial charge in [0.2, 0.25) is 10.0 Å². The molecule has 0 bridgehead atoms. The Morgan fingerprint density at radius 2 is 1.94 bits per heavy atom. The Hall–Kier alpha value is -1.11. The van der Waals surface area contributed by atoms with Crippen LogP contribution in [0.15, 0.2) is 23.1 Å². The Balaban J connectivity index is 3.35. The van der Waals surface area contributed by atoms with Crippen molar-refractivity contribution in [3.05, 3.63) is 28.8 Å². The van der Waals surface area contributed by atoms with Crippen molar-refractivity contribution in [2.24, 2.45) is 0 Å². The smallest absolute Gasteiger partial charge is 0.335 e. The predicted octanol–water partition coefficient (Wildman–Crippen LogP) is 1.29. The van der Waals surface area contributed by atoms with E-state index in [4.69, 9.17) is 16.7 Å². The summed E-state index contributed by atoms with van der Waals surface area (Å²) in [4.78, 5) is 10.5. The van der Waals surface area contributed by atoms with E-state index in [0.29, 0.717) is 0 Å². The first-order valence-corrected chi connectivity index (χ1v) is 6.04. The molecule has 0 saturated heterocycles. The lowest BCUT2D eigenvalue weighted by Crippen LogP contribution is -2.22. The van der Waals surface area contributed by atoms with E-state index < -0.39 is 16.0 Å². The fraction of sp³-hybridized carbons (Fsp3) is 0.222. The number of carboxylic acid groups (broad SMARTS) is 1. The molecule has 1 aromatic carbocycles. The molecule has 0 heterocycles. The number of sulfonamides is 1. The van der Waals surface area contributed by atoms with Gasteiger partial charge in [0.1, 0.15) is 4.90 Å². The molecule has 0 aliphatic rings. The highest BCUT2D eigenvalue weighted by molar-refractivity contribution is 7.89. The minimum absolute atomic E-state index is 0.0530. The van der Waals surface area contributed by atoms with Crippen molar-refractivity contribution in [2.75, 3.05) is 14.1 Å². The maximum atomic E-state index is 11.7. The number of nitrogens with zero attached hydrogens (tertiary/aromatic N) is 1. The summed E-state index contributed by atoms with van der Waals surface area (Å²) in [5.41, 5.74) is -0.0530. The van der Waals surface area contributed by atoms with Crippen LogP contribution in [0.1, 0.15) is 10.4 Å². The molecule has 88 valence electrons. The van der Waals surface area contributed by atoms with Crippen molar-refractivity contribution in [3.8, 4) is 0 Å². The third-order valence-electron chi connectivity index (χ3n) is 1.94. The van der Waals surface area contributed by atoms with Crippen LogP contribution in [0.25, 0.3) is 0 Å². The summed E-state index contributed by atoms with van der Waals surface area (Å²) >= 11 is 5.73. The van der Waals surface area contributed by atoms with Gasteiger partial charge in [0, 0.05) is 14.1 Å². The standard InChI is InChI=1S/C9H10ClNO4S/c1-11(2)16(14,15)8-4-3-6(9(12)13)5-7(8)10/h3-5H,1-2H3,(H,12,13). The van der Waals surface area contributed by atoms with Gasteiger partial charge in [-0.3, -0.25) is 0 Å². The van der Waals surface area contributed by atoms with Crippen molar-refractivity contribution >= 4 is 27.6 Å². The quantitative estimate of drug-likeness (QED) is 0.892. The molecule has 0 atom stereocenters. The highest BCUT2D eigenvalue weighted by atomic mass is 35.5. The first kappa shape index (κ1) is 13.0. The lowest BCUT2D eigenvalue weighted by Gasteiger charge is -2.12. The van der Waals surface area contributed by atoms with Crippen LogP contribution in [-0.2, 0) is 10.0 Å². The summed E-state index contributed by atoms with van der Waals surface area (Å²) in [5.74, 6) is -1.16. The second-order valence-electron chi connectivity index (χ2n) is 3.24. The normalized spacial score (nSPS) is 11.8. The van der Waals surface area contributed by atoms with E-state index in [2.05, 4.69) is 0 Å². The number of halogens is 1. The summed E-state index contributed by atoms with van der Waals surface area (Å²) in [7, 11) is -0.898. The van der Waals surface area contributed by atoms with Gasteiger partial charge in [-0.05, 0) is 18.2 Å². The maximum Gasteiger partial charge on any atom is 0.335 e. The van der Waals surface area contributed by atoms with Gasteiger partial charge in [0.15, 0.2) is 0 Å². The molecule has 0 radical (unpaired) electrons. The Morgan fingerprint density at radius 1 is 1.38 bits per heavy atom. The van der Waals surface area contributed by atoms with Crippen molar-refractivity contribution in [3.63, 3.8) is 0 Å². The summed E-state index contributed by atoms with van der Waals surface area (Å²) in [6.07, 6.45) is 0. The molecule has 1 aromatic rings. The van der Waals surface area contributed by atoms with E-state index in [1.165, 1.54) is 26.2 Å². The van der Waals surface area contributed by atoms with E-state index in [1.807, 2.05) is 0 Å². The summed E-state index contributed by atoms with van der Waals surface area (Å²) in [6.45, 7) is 0. The second-order valence-corrected chi connectivity index (χ2v) is 5.77. The first-order valence-electron chi connectivity index (χ1n) is 4.22. The molecule has 0 unspecified atom stereocenters. The zero-order valence-electron chi connectivity index (χ0n) is 8.64. The number of rotatable bonds is 3. The molecule has 1 N–H and O–H groups in total. The Kier molecular flexibility index (Phi) is 3.57. The first-order chi connectivity index (χ1) is 7.26. The average molecular weight is 264 g/mol. The number of carboxylic acids is 1. The van der Waals surface area contributed by atoms with Gasteiger partial charge in [0.25, 0.3) is 0 Å².